The molecule has 0 unspecified atom stereocenters. The van der Waals surface area contributed by atoms with Gasteiger partial charge in [-0.2, -0.15) is 9.15 Å². The molecule has 0 N–H and O–H groups in total. The molecule has 1 aromatic heterocycles. The van der Waals surface area contributed by atoms with E-state index in [0.29, 0.717) is 13.5 Å². The fourth-order valence-electron chi connectivity index (χ4n) is 5.16. The van der Waals surface area contributed by atoms with Crippen molar-refractivity contribution < 1.29 is 23.5 Å². The number of pyridine rings is 1. The van der Waals surface area contributed by atoms with E-state index in [9.17, 15) is 10.1 Å². The molecule has 0 amide bonds. The Morgan fingerprint density at radius 3 is 2.09 bits per heavy atom. The van der Waals surface area contributed by atoms with Gasteiger partial charge in [-0.3, -0.25) is 15.1 Å². The Kier molecular flexibility index (Phi) is 7.74. The van der Waals surface area contributed by atoms with E-state index < -0.39 is 0 Å². The van der Waals surface area contributed by atoms with Crippen LogP contribution in [0.5, 0.6) is 11.5 Å². The fourth-order valence-corrected chi connectivity index (χ4v) is 5.16. The number of nitrogens with zero attached hydrogens (tertiary/aromatic N) is 4. The summed E-state index contributed by atoms with van der Waals surface area (Å²) in [6.07, 6.45) is 7.71. The summed E-state index contributed by atoms with van der Waals surface area (Å²) < 4.78 is 15.8. The third-order valence-corrected chi connectivity index (χ3v) is 7.24. The second-order valence-corrected chi connectivity index (χ2v) is 10.3. The lowest BCUT2D eigenvalue weighted by Crippen LogP contribution is -2.21. The van der Waals surface area contributed by atoms with Crippen molar-refractivity contribution in [2.24, 2.45) is 0 Å². The lowest BCUT2D eigenvalue weighted by Gasteiger charge is -2.17. The molecule has 8 nitrogen and oxygen atoms in total. The first-order valence-corrected chi connectivity index (χ1v) is 13.9. The molecule has 3 heterocycles. The maximum Gasteiger partial charge on any atom is 0.292 e. The van der Waals surface area contributed by atoms with Crippen molar-refractivity contribution in [2.75, 3.05) is 13.5 Å². The van der Waals surface area contributed by atoms with Crippen LogP contribution in [0, 0.1) is 24.0 Å². The zero-order valence-electron chi connectivity index (χ0n) is 23.9. The molecule has 0 fully saturated rings. The average Bonchev–Trinajstić information content (AvgIpc) is 3.05. The van der Waals surface area contributed by atoms with Crippen LogP contribution in [0.4, 0.5) is 17.1 Å². The minimum atomic E-state index is -0.376. The van der Waals surface area contributed by atoms with Gasteiger partial charge >= 0.3 is 0 Å². The number of fused-ring (bicyclic) bond motifs is 2. The lowest BCUT2D eigenvalue weighted by atomic mass is 10.0. The highest BCUT2D eigenvalue weighted by atomic mass is 16.6. The van der Waals surface area contributed by atoms with Gasteiger partial charge in [-0.25, -0.2) is 0 Å². The molecular weight excluding hydrogens is 540 g/mol. The van der Waals surface area contributed by atoms with E-state index in [1.807, 2.05) is 79.2 Å². The Bertz CT molecular complexity index is 1870. The molecule has 4 aromatic carbocycles. The number of aryl methyl sites for hydroxylation is 2. The van der Waals surface area contributed by atoms with Crippen molar-refractivity contribution in [2.45, 2.75) is 13.8 Å². The SMILES string of the molecule is C1=[N+](c2ccccc2)COc2c1cccc2-c1ccncc1.Cc1cc([N+](=O)[O-])cc([N+]2=Cc3cccc(C)c3OC2)c1. The Labute approximate surface area is 249 Å². The van der Waals surface area contributed by atoms with Gasteiger partial charge in [0.25, 0.3) is 19.1 Å². The van der Waals surface area contributed by atoms with Crippen LogP contribution in [0.2, 0.25) is 0 Å². The summed E-state index contributed by atoms with van der Waals surface area (Å²) in [5.41, 5.74) is 8.19. The first kappa shape index (κ1) is 27.5. The quantitative estimate of drug-likeness (QED) is 0.130. The topological polar surface area (TPSA) is 80.5 Å². The molecule has 43 heavy (non-hydrogen) atoms. The first-order chi connectivity index (χ1) is 21.0. The smallest absolute Gasteiger partial charge is 0.292 e. The van der Waals surface area contributed by atoms with E-state index in [4.69, 9.17) is 9.47 Å². The number of rotatable bonds is 4. The number of ether oxygens (including phenoxy) is 2. The van der Waals surface area contributed by atoms with Gasteiger partial charge in [-0.1, -0.05) is 42.5 Å². The number of hydrogen-bond donors (Lipinski definition) is 0. The highest BCUT2D eigenvalue weighted by Gasteiger charge is 2.23. The summed E-state index contributed by atoms with van der Waals surface area (Å²) in [4.78, 5) is 14.7. The summed E-state index contributed by atoms with van der Waals surface area (Å²) >= 11 is 0. The van der Waals surface area contributed by atoms with E-state index in [0.717, 1.165) is 56.3 Å². The number of non-ortho nitro benzene ring substituents is 1. The minimum Gasteiger partial charge on any atom is -0.435 e. The van der Waals surface area contributed by atoms with Crippen molar-refractivity contribution in [1.29, 1.82) is 0 Å². The van der Waals surface area contributed by atoms with Crippen LogP contribution in [0.15, 0.2) is 109 Å². The molecule has 0 atom stereocenters. The Balaban J connectivity index is 0.000000153. The van der Waals surface area contributed by atoms with Crippen LogP contribution in [0.1, 0.15) is 22.3 Å². The molecule has 5 aromatic rings. The molecule has 2 aliphatic rings. The average molecular weight is 571 g/mol. The molecule has 0 spiro atoms. The molecule has 0 radical (unpaired) electrons. The van der Waals surface area contributed by atoms with E-state index in [2.05, 4.69) is 46.1 Å². The van der Waals surface area contributed by atoms with Gasteiger partial charge < -0.3 is 9.47 Å². The van der Waals surface area contributed by atoms with Crippen LogP contribution < -0.4 is 9.47 Å². The predicted molar refractivity (Wildman–Crippen MR) is 166 cm³/mol. The van der Waals surface area contributed by atoms with Crippen LogP contribution in [-0.2, 0) is 0 Å². The van der Waals surface area contributed by atoms with Gasteiger partial charge in [0.1, 0.15) is 11.5 Å². The van der Waals surface area contributed by atoms with Crippen LogP contribution in [-0.4, -0.2) is 44.9 Å². The zero-order chi connectivity index (χ0) is 29.8. The third-order valence-electron chi connectivity index (χ3n) is 7.24. The van der Waals surface area contributed by atoms with E-state index in [-0.39, 0.29) is 10.6 Å². The normalized spacial score (nSPS) is 13.1. The maximum absolute atomic E-state index is 11.0. The molecule has 2 aliphatic heterocycles. The van der Waals surface area contributed by atoms with Crippen molar-refractivity contribution in [3.05, 3.63) is 142 Å². The summed E-state index contributed by atoms with van der Waals surface area (Å²) in [7, 11) is 0. The van der Waals surface area contributed by atoms with E-state index in [1.165, 1.54) is 0 Å². The molecule has 0 saturated heterocycles. The number of benzene rings is 4. The van der Waals surface area contributed by atoms with Gasteiger partial charge in [-0.15, -0.1) is 0 Å². The second-order valence-electron chi connectivity index (χ2n) is 10.3. The Morgan fingerprint density at radius 1 is 0.721 bits per heavy atom. The van der Waals surface area contributed by atoms with Crippen LogP contribution in [0.25, 0.3) is 11.1 Å². The van der Waals surface area contributed by atoms with E-state index >= 15 is 0 Å². The van der Waals surface area contributed by atoms with Crippen molar-refractivity contribution >= 4 is 29.5 Å². The number of para-hydroxylation sites is 3. The van der Waals surface area contributed by atoms with Gasteiger partial charge in [0.2, 0.25) is 11.4 Å². The standard InChI is InChI=1S/C19H15N2O.C16H15N2O3/c1-2-6-17(7-3-1)21-13-16-5-4-8-18(19(16)22-14-21)15-9-11-20-12-10-15;1-11-6-14(8-15(7-11)18(19)20)17-9-13-5-3-4-12(2)16(13)21-10-17/h1-13H,14H2;3-9H,10H2,1-2H3/q2*+1. The van der Waals surface area contributed by atoms with Gasteiger partial charge in [0, 0.05) is 42.2 Å². The Morgan fingerprint density at radius 2 is 1.37 bits per heavy atom. The second kappa shape index (κ2) is 12.1. The van der Waals surface area contributed by atoms with Crippen molar-refractivity contribution in [3.8, 4) is 22.6 Å². The third kappa shape index (κ3) is 6.04. The summed E-state index contributed by atoms with van der Waals surface area (Å²) in [6.45, 7) is 4.71. The number of aromatic nitrogens is 1. The first-order valence-electron chi connectivity index (χ1n) is 13.9. The predicted octanol–water partition coefficient (Wildman–Crippen LogP) is 7.19. The van der Waals surface area contributed by atoms with Crippen LogP contribution in [0.3, 0.4) is 0 Å². The number of hydrogen-bond acceptors (Lipinski definition) is 5. The Hall–Kier alpha value is -5.63. The molecule has 0 bridgehead atoms. The van der Waals surface area contributed by atoms with Gasteiger partial charge in [0.05, 0.1) is 22.1 Å². The highest BCUT2D eigenvalue weighted by molar-refractivity contribution is 5.87. The van der Waals surface area contributed by atoms with Gasteiger partial charge in [0.15, 0.2) is 12.4 Å². The van der Waals surface area contributed by atoms with Crippen LogP contribution >= 0.6 is 0 Å². The van der Waals surface area contributed by atoms with Crippen molar-refractivity contribution in [3.63, 3.8) is 0 Å². The zero-order valence-corrected chi connectivity index (χ0v) is 23.9. The molecule has 7 rings (SSSR count). The van der Waals surface area contributed by atoms with Crippen molar-refractivity contribution in [1.82, 2.24) is 4.98 Å². The minimum absolute atomic E-state index is 0.0911. The molecule has 0 aliphatic carbocycles. The highest BCUT2D eigenvalue weighted by Crippen LogP contribution is 2.34. The fraction of sp³-hybridized carbons (Fsp3) is 0.114. The monoisotopic (exact) mass is 570 g/mol. The molecule has 8 heteroatoms. The number of nitro groups is 1. The molecule has 0 saturated carbocycles. The van der Waals surface area contributed by atoms with Gasteiger partial charge in [-0.05, 0) is 54.8 Å². The summed E-state index contributed by atoms with van der Waals surface area (Å²) in [5.74, 6) is 1.80. The summed E-state index contributed by atoms with van der Waals surface area (Å²) in [6, 6.07) is 31.4. The molecular formula is C35H30N4O4+2. The summed E-state index contributed by atoms with van der Waals surface area (Å²) in [5, 5.41) is 11.0. The number of nitro benzene ring substituents is 1. The molecule has 212 valence electrons. The van der Waals surface area contributed by atoms with E-state index in [1.54, 1.807) is 24.5 Å². The lowest BCUT2D eigenvalue weighted by molar-refractivity contribution is -0.476. The largest absolute Gasteiger partial charge is 0.435 e. The maximum atomic E-state index is 11.0.